The Morgan fingerprint density at radius 2 is 2.00 bits per heavy atom. The molecule has 0 spiro atoms. The van der Waals surface area contributed by atoms with Crippen LogP contribution in [0.15, 0.2) is 24.5 Å². The van der Waals surface area contributed by atoms with Crippen molar-refractivity contribution in [1.82, 2.24) is 9.97 Å². The van der Waals surface area contributed by atoms with Crippen LogP contribution in [-0.4, -0.2) is 22.8 Å². The summed E-state index contributed by atoms with van der Waals surface area (Å²) >= 11 is 0. The first kappa shape index (κ1) is 15.2. The highest BCUT2D eigenvalue weighted by Gasteiger charge is 2.14. The third kappa shape index (κ3) is 3.39. The van der Waals surface area contributed by atoms with E-state index in [1.807, 2.05) is 18.2 Å². The number of anilines is 3. The molecule has 0 amide bonds. The first-order chi connectivity index (χ1) is 11.2. The molecule has 1 aliphatic rings. The van der Waals surface area contributed by atoms with Crippen LogP contribution in [0.4, 0.5) is 17.3 Å². The van der Waals surface area contributed by atoms with Crippen LogP contribution in [0.3, 0.4) is 0 Å². The molecule has 0 fully saturated rings. The van der Waals surface area contributed by atoms with Crippen LogP contribution in [-0.2, 0) is 6.54 Å². The maximum atomic E-state index is 6.15. The van der Waals surface area contributed by atoms with Gasteiger partial charge in [-0.2, -0.15) is 0 Å². The van der Waals surface area contributed by atoms with E-state index in [0.29, 0.717) is 29.9 Å². The summed E-state index contributed by atoms with van der Waals surface area (Å²) in [6, 6.07) is 6.13. The van der Waals surface area contributed by atoms with Crippen molar-refractivity contribution in [2.75, 3.05) is 23.2 Å². The van der Waals surface area contributed by atoms with E-state index in [-0.39, 0.29) is 6.79 Å². The standard InChI is InChI=1S/C16H21N5O2/c1-3-10(2)21-16-14(17)15(19-8-20-16)18-7-11-4-5-12-13(6-11)23-9-22-12/h4-6,8,10H,3,7,9,17H2,1-2H3,(H2,18,19,20,21). The SMILES string of the molecule is CCC(C)Nc1ncnc(NCc2ccc3c(c2)OCO3)c1N. The first-order valence-electron chi connectivity index (χ1n) is 7.66. The van der Waals surface area contributed by atoms with Gasteiger partial charge in [-0.05, 0) is 31.0 Å². The van der Waals surface area contributed by atoms with Gasteiger partial charge in [-0.25, -0.2) is 9.97 Å². The largest absolute Gasteiger partial charge is 0.454 e. The van der Waals surface area contributed by atoms with E-state index in [0.717, 1.165) is 23.5 Å². The Bertz CT molecular complexity index is 692. The number of nitrogen functional groups attached to an aromatic ring is 1. The molecule has 122 valence electrons. The zero-order valence-corrected chi connectivity index (χ0v) is 13.3. The lowest BCUT2D eigenvalue weighted by molar-refractivity contribution is 0.174. The minimum Gasteiger partial charge on any atom is -0.454 e. The Kier molecular flexibility index (Phi) is 4.36. The van der Waals surface area contributed by atoms with Crippen molar-refractivity contribution in [3.63, 3.8) is 0 Å². The summed E-state index contributed by atoms with van der Waals surface area (Å²) in [5.41, 5.74) is 7.73. The monoisotopic (exact) mass is 315 g/mol. The Hall–Kier alpha value is -2.70. The molecule has 3 rings (SSSR count). The van der Waals surface area contributed by atoms with Crippen molar-refractivity contribution >= 4 is 17.3 Å². The highest BCUT2D eigenvalue weighted by molar-refractivity contribution is 5.74. The molecule has 4 N–H and O–H groups in total. The van der Waals surface area contributed by atoms with Crippen LogP contribution in [0.2, 0.25) is 0 Å². The second-order valence-corrected chi connectivity index (χ2v) is 5.48. The molecule has 0 bridgehead atoms. The van der Waals surface area contributed by atoms with Crippen LogP contribution >= 0.6 is 0 Å². The summed E-state index contributed by atoms with van der Waals surface area (Å²) in [6.07, 6.45) is 2.49. The number of fused-ring (bicyclic) bond motifs is 1. The lowest BCUT2D eigenvalue weighted by Crippen LogP contribution is -2.17. The smallest absolute Gasteiger partial charge is 0.231 e. The van der Waals surface area contributed by atoms with Crippen LogP contribution in [0.25, 0.3) is 0 Å². The molecule has 0 aliphatic carbocycles. The number of benzene rings is 1. The van der Waals surface area contributed by atoms with Gasteiger partial charge < -0.3 is 25.8 Å². The van der Waals surface area contributed by atoms with Gasteiger partial charge in [0.1, 0.15) is 12.0 Å². The van der Waals surface area contributed by atoms with Crippen molar-refractivity contribution in [2.24, 2.45) is 0 Å². The molecule has 1 aliphatic heterocycles. The summed E-state index contributed by atoms with van der Waals surface area (Å²) in [7, 11) is 0. The first-order valence-corrected chi connectivity index (χ1v) is 7.66. The molecule has 1 unspecified atom stereocenters. The van der Waals surface area contributed by atoms with Crippen molar-refractivity contribution in [2.45, 2.75) is 32.9 Å². The molecule has 0 radical (unpaired) electrons. The second kappa shape index (κ2) is 6.60. The van der Waals surface area contributed by atoms with E-state index in [1.54, 1.807) is 0 Å². The summed E-state index contributed by atoms with van der Waals surface area (Å²) in [6.45, 7) is 5.05. The zero-order valence-electron chi connectivity index (χ0n) is 13.3. The molecule has 0 saturated carbocycles. The average molecular weight is 315 g/mol. The predicted molar refractivity (Wildman–Crippen MR) is 89.7 cm³/mol. The molecule has 1 atom stereocenters. The maximum Gasteiger partial charge on any atom is 0.231 e. The number of hydrogen-bond donors (Lipinski definition) is 3. The summed E-state index contributed by atoms with van der Waals surface area (Å²) < 4.78 is 10.7. The molecule has 2 aromatic rings. The van der Waals surface area contributed by atoms with E-state index in [2.05, 4.69) is 34.4 Å². The van der Waals surface area contributed by atoms with Crippen LogP contribution in [0.1, 0.15) is 25.8 Å². The van der Waals surface area contributed by atoms with E-state index < -0.39 is 0 Å². The second-order valence-electron chi connectivity index (χ2n) is 5.48. The van der Waals surface area contributed by atoms with Gasteiger partial charge in [0, 0.05) is 12.6 Å². The minimum absolute atomic E-state index is 0.274. The lowest BCUT2D eigenvalue weighted by atomic mass is 10.2. The molecule has 23 heavy (non-hydrogen) atoms. The van der Waals surface area contributed by atoms with Gasteiger partial charge in [-0.15, -0.1) is 0 Å². The number of nitrogens with one attached hydrogen (secondary N) is 2. The van der Waals surface area contributed by atoms with Gasteiger partial charge in [0.05, 0.1) is 0 Å². The number of ether oxygens (including phenoxy) is 2. The van der Waals surface area contributed by atoms with Crippen LogP contribution < -0.4 is 25.8 Å². The molecular formula is C16H21N5O2. The number of hydrogen-bond acceptors (Lipinski definition) is 7. The van der Waals surface area contributed by atoms with E-state index >= 15 is 0 Å². The molecule has 0 saturated heterocycles. The molecule has 7 nitrogen and oxygen atoms in total. The Balaban J connectivity index is 1.69. The van der Waals surface area contributed by atoms with Crippen molar-refractivity contribution in [1.29, 1.82) is 0 Å². The highest BCUT2D eigenvalue weighted by atomic mass is 16.7. The van der Waals surface area contributed by atoms with E-state index in [4.69, 9.17) is 15.2 Å². The zero-order chi connectivity index (χ0) is 16.2. The van der Waals surface area contributed by atoms with Crippen molar-refractivity contribution in [3.05, 3.63) is 30.1 Å². The number of nitrogens with zero attached hydrogens (tertiary/aromatic N) is 2. The Morgan fingerprint density at radius 1 is 1.22 bits per heavy atom. The fraction of sp³-hybridized carbons (Fsp3) is 0.375. The summed E-state index contributed by atoms with van der Waals surface area (Å²) in [4.78, 5) is 8.42. The van der Waals surface area contributed by atoms with Gasteiger partial charge in [0.15, 0.2) is 23.1 Å². The van der Waals surface area contributed by atoms with E-state index in [1.165, 1.54) is 6.33 Å². The van der Waals surface area contributed by atoms with E-state index in [9.17, 15) is 0 Å². The van der Waals surface area contributed by atoms with Gasteiger partial charge in [0.2, 0.25) is 6.79 Å². The predicted octanol–water partition coefficient (Wildman–Crippen LogP) is 2.61. The third-order valence-electron chi connectivity index (χ3n) is 3.78. The fourth-order valence-electron chi connectivity index (χ4n) is 2.22. The fourth-order valence-corrected chi connectivity index (χ4v) is 2.22. The minimum atomic E-state index is 0.274. The summed E-state index contributed by atoms with van der Waals surface area (Å²) in [5, 5.41) is 6.52. The van der Waals surface area contributed by atoms with Gasteiger partial charge in [-0.1, -0.05) is 13.0 Å². The third-order valence-corrected chi connectivity index (χ3v) is 3.78. The normalized spacial score (nSPS) is 13.7. The number of nitrogens with two attached hydrogens (primary N) is 1. The number of aromatic nitrogens is 2. The summed E-state index contributed by atoms with van der Waals surface area (Å²) in [5.74, 6) is 2.81. The molecule has 7 heteroatoms. The Morgan fingerprint density at radius 3 is 2.83 bits per heavy atom. The van der Waals surface area contributed by atoms with Crippen LogP contribution in [0, 0.1) is 0 Å². The quantitative estimate of drug-likeness (QED) is 0.754. The number of rotatable bonds is 6. The average Bonchev–Trinajstić information content (AvgIpc) is 3.03. The van der Waals surface area contributed by atoms with Crippen LogP contribution in [0.5, 0.6) is 11.5 Å². The van der Waals surface area contributed by atoms with Crippen molar-refractivity contribution < 1.29 is 9.47 Å². The topological polar surface area (TPSA) is 94.3 Å². The van der Waals surface area contributed by atoms with Crippen molar-refractivity contribution in [3.8, 4) is 11.5 Å². The lowest BCUT2D eigenvalue weighted by Gasteiger charge is -2.16. The molecular weight excluding hydrogens is 294 g/mol. The molecule has 1 aromatic heterocycles. The van der Waals surface area contributed by atoms with Gasteiger partial charge >= 0.3 is 0 Å². The highest BCUT2D eigenvalue weighted by Crippen LogP contribution is 2.33. The Labute approximate surface area is 135 Å². The maximum absolute atomic E-state index is 6.15. The van der Waals surface area contributed by atoms with Gasteiger partial charge in [-0.3, -0.25) is 0 Å². The van der Waals surface area contributed by atoms with Gasteiger partial charge in [0.25, 0.3) is 0 Å². The molecule has 2 heterocycles. The molecule has 1 aromatic carbocycles.